The number of amides is 1. The van der Waals surface area contributed by atoms with Gasteiger partial charge in [0.25, 0.3) is 0 Å². The number of anilines is 2. The number of rotatable bonds is 8. The van der Waals surface area contributed by atoms with Gasteiger partial charge in [-0.1, -0.05) is 11.6 Å². The summed E-state index contributed by atoms with van der Waals surface area (Å²) in [6, 6.07) is 8.57. The lowest BCUT2D eigenvalue weighted by Crippen LogP contribution is -2.28. The van der Waals surface area contributed by atoms with E-state index >= 15 is 0 Å². The molecule has 3 rings (SSSR count). The van der Waals surface area contributed by atoms with Crippen molar-refractivity contribution in [1.29, 1.82) is 0 Å². The highest BCUT2D eigenvalue weighted by atomic mass is 35.5. The molecule has 1 fully saturated rings. The van der Waals surface area contributed by atoms with Crippen LogP contribution >= 0.6 is 11.6 Å². The number of ether oxygens (including phenoxy) is 1. The van der Waals surface area contributed by atoms with Crippen molar-refractivity contribution in [2.75, 3.05) is 36.9 Å². The van der Waals surface area contributed by atoms with Crippen LogP contribution in [0, 0.1) is 5.82 Å². The molecule has 1 aliphatic rings. The summed E-state index contributed by atoms with van der Waals surface area (Å²) in [5.74, 6) is -0.690. The molecule has 162 valence electrons. The Balaban J connectivity index is 1.73. The monoisotopic (exact) mass is 455 g/mol. The maximum atomic E-state index is 13.2. The van der Waals surface area contributed by atoms with Crippen LogP contribution in [0.2, 0.25) is 5.02 Å². The summed E-state index contributed by atoms with van der Waals surface area (Å²) in [6.07, 6.45) is 1.66. The molecule has 30 heavy (non-hydrogen) atoms. The van der Waals surface area contributed by atoms with Crippen molar-refractivity contribution in [2.45, 2.75) is 24.7 Å². The lowest BCUT2D eigenvalue weighted by molar-refractivity contribution is -0.114. The molecule has 1 saturated heterocycles. The fraction of sp³-hybridized carbons (Fsp3) is 0.350. The number of nitrogens with zero attached hydrogens (tertiary/aromatic N) is 1. The Morgan fingerprint density at radius 1 is 1.17 bits per heavy atom. The third kappa shape index (κ3) is 5.21. The SMILES string of the molecule is CCOc1ccc(NCC(=O)Nc2ccc(F)c(Cl)c2)cc1S(=O)(=O)N1CCCC1. The Labute approximate surface area is 180 Å². The predicted molar refractivity (Wildman–Crippen MR) is 114 cm³/mol. The van der Waals surface area contributed by atoms with Crippen molar-refractivity contribution >= 4 is 38.9 Å². The summed E-state index contributed by atoms with van der Waals surface area (Å²) in [5, 5.41) is 5.41. The second-order valence-corrected chi connectivity index (χ2v) is 9.05. The van der Waals surface area contributed by atoms with Crippen LogP contribution in [-0.4, -0.2) is 44.9 Å². The molecule has 1 heterocycles. The zero-order valence-electron chi connectivity index (χ0n) is 16.5. The molecule has 0 saturated carbocycles. The normalized spacial score (nSPS) is 14.5. The van der Waals surface area contributed by atoms with Gasteiger partial charge in [-0.15, -0.1) is 0 Å². The van der Waals surface area contributed by atoms with Crippen LogP contribution in [0.4, 0.5) is 15.8 Å². The van der Waals surface area contributed by atoms with E-state index in [-0.39, 0.29) is 22.2 Å². The van der Waals surface area contributed by atoms with Gasteiger partial charge in [0, 0.05) is 24.5 Å². The van der Waals surface area contributed by atoms with E-state index < -0.39 is 21.7 Å². The average molecular weight is 456 g/mol. The van der Waals surface area contributed by atoms with Crippen LogP contribution in [0.1, 0.15) is 19.8 Å². The highest BCUT2D eigenvalue weighted by Gasteiger charge is 2.30. The first kappa shape index (κ1) is 22.3. The predicted octanol–water partition coefficient (Wildman–Crippen LogP) is 3.71. The van der Waals surface area contributed by atoms with Crippen molar-refractivity contribution in [2.24, 2.45) is 0 Å². The number of sulfonamides is 1. The Bertz CT molecular complexity index is 1030. The minimum atomic E-state index is -3.69. The summed E-state index contributed by atoms with van der Waals surface area (Å²) in [6.45, 7) is 2.96. The van der Waals surface area contributed by atoms with Gasteiger partial charge >= 0.3 is 0 Å². The lowest BCUT2D eigenvalue weighted by atomic mass is 10.3. The van der Waals surface area contributed by atoms with E-state index in [1.165, 1.54) is 22.5 Å². The Kier molecular flexibility index (Phi) is 7.17. The zero-order valence-corrected chi connectivity index (χ0v) is 18.0. The van der Waals surface area contributed by atoms with Gasteiger partial charge in [0.05, 0.1) is 18.2 Å². The van der Waals surface area contributed by atoms with E-state index in [4.69, 9.17) is 16.3 Å². The molecular weight excluding hydrogens is 433 g/mol. The van der Waals surface area contributed by atoms with E-state index in [9.17, 15) is 17.6 Å². The molecule has 2 aromatic carbocycles. The molecule has 2 N–H and O–H groups in total. The zero-order chi connectivity index (χ0) is 21.7. The van der Waals surface area contributed by atoms with Crippen molar-refractivity contribution in [3.05, 3.63) is 47.2 Å². The lowest BCUT2D eigenvalue weighted by Gasteiger charge is -2.19. The number of benzene rings is 2. The maximum Gasteiger partial charge on any atom is 0.246 e. The number of carbonyl (C=O) groups is 1. The molecular formula is C20H23ClFN3O4S. The number of hydrogen-bond acceptors (Lipinski definition) is 5. The molecule has 0 aromatic heterocycles. The molecule has 10 heteroatoms. The van der Waals surface area contributed by atoms with Gasteiger partial charge in [-0.3, -0.25) is 4.79 Å². The third-order valence-electron chi connectivity index (χ3n) is 4.58. The summed E-state index contributed by atoms with van der Waals surface area (Å²) in [4.78, 5) is 12.3. The summed E-state index contributed by atoms with van der Waals surface area (Å²) in [5.41, 5.74) is 0.820. The molecule has 1 aliphatic heterocycles. The highest BCUT2D eigenvalue weighted by molar-refractivity contribution is 7.89. The minimum absolute atomic E-state index is 0.0713. The first-order chi connectivity index (χ1) is 14.3. The van der Waals surface area contributed by atoms with Crippen molar-refractivity contribution in [1.82, 2.24) is 4.31 Å². The fourth-order valence-corrected chi connectivity index (χ4v) is 4.98. The Morgan fingerprint density at radius 2 is 1.87 bits per heavy atom. The average Bonchev–Trinajstić information content (AvgIpc) is 3.26. The fourth-order valence-electron chi connectivity index (χ4n) is 3.12. The molecule has 0 unspecified atom stereocenters. The van der Waals surface area contributed by atoms with Gasteiger partial charge in [-0.2, -0.15) is 4.31 Å². The van der Waals surface area contributed by atoms with E-state index in [0.717, 1.165) is 18.9 Å². The quantitative estimate of drug-likeness (QED) is 0.633. The van der Waals surface area contributed by atoms with Gasteiger partial charge in [-0.25, -0.2) is 12.8 Å². The van der Waals surface area contributed by atoms with Gasteiger partial charge in [-0.05, 0) is 56.2 Å². The highest BCUT2D eigenvalue weighted by Crippen LogP contribution is 2.31. The van der Waals surface area contributed by atoms with Crippen LogP contribution in [0.15, 0.2) is 41.3 Å². The maximum absolute atomic E-state index is 13.2. The second-order valence-electron chi connectivity index (χ2n) is 6.74. The molecule has 7 nitrogen and oxygen atoms in total. The van der Waals surface area contributed by atoms with Gasteiger partial charge in [0.1, 0.15) is 16.5 Å². The van der Waals surface area contributed by atoms with E-state index in [2.05, 4.69) is 10.6 Å². The topological polar surface area (TPSA) is 87.7 Å². The molecule has 0 aliphatic carbocycles. The molecule has 2 aromatic rings. The van der Waals surface area contributed by atoms with Crippen molar-refractivity contribution < 1.29 is 22.3 Å². The number of halogens is 2. The van der Waals surface area contributed by atoms with E-state index in [1.807, 2.05) is 0 Å². The van der Waals surface area contributed by atoms with Crippen molar-refractivity contribution in [3.8, 4) is 5.75 Å². The molecule has 0 bridgehead atoms. The van der Waals surface area contributed by atoms with Crippen molar-refractivity contribution in [3.63, 3.8) is 0 Å². The smallest absolute Gasteiger partial charge is 0.246 e. The second kappa shape index (κ2) is 9.63. The number of nitrogens with one attached hydrogen (secondary N) is 2. The molecule has 0 atom stereocenters. The molecule has 0 spiro atoms. The number of carbonyl (C=O) groups excluding carboxylic acids is 1. The summed E-state index contributed by atoms with van der Waals surface area (Å²) in [7, 11) is -3.69. The Hall–Kier alpha value is -2.36. The van der Waals surface area contributed by atoms with Crippen LogP contribution in [-0.2, 0) is 14.8 Å². The largest absolute Gasteiger partial charge is 0.492 e. The first-order valence-electron chi connectivity index (χ1n) is 9.57. The van der Waals surface area contributed by atoms with Gasteiger partial charge < -0.3 is 15.4 Å². The Morgan fingerprint density at radius 3 is 2.53 bits per heavy atom. The van der Waals surface area contributed by atoms with Crippen LogP contribution < -0.4 is 15.4 Å². The van der Waals surface area contributed by atoms with E-state index in [1.54, 1.807) is 19.1 Å². The standard InChI is InChI=1S/C20H23ClFN3O4S/c1-2-29-18-8-6-14(12-19(18)30(27,28)25-9-3-4-10-25)23-13-20(26)24-15-5-7-17(22)16(21)11-15/h5-8,11-12,23H,2-4,9-10,13H2,1H3,(H,24,26). The van der Waals surface area contributed by atoms with Crippen LogP contribution in [0.25, 0.3) is 0 Å². The van der Waals surface area contributed by atoms with Crippen LogP contribution in [0.3, 0.4) is 0 Å². The summed E-state index contributed by atoms with van der Waals surface area (Å²) < 4.78 is 46.2. The minimum Gasteiger partial charge on any atom is -0.492 e. The van der Waals surface area contributed by atoms with Gasteiger partial charge in [0.2, 0.25) is 15.9 Å². The molecule has 0 radical (unpaired) electrons. The van der Waals surface area contributed by atoms with Gasteiger partial charge in [0.15, 0.2) is 0 Å². The third-order valence-corrected chi connectivity index (χ3v) is 6.79. The molecule has 1 amide bonds. The number of hydrogen-bond donors (Lipinski definition) is 2. The van der Waals surface area contributed by atoms with Crippen LogP contribution in [0.5, 0.6) is 5.75 Å². The first-order valence-corrected chi connectivity index (χ1v) is 11.4. The van der Waals surface area contributed by atoms with E-state index in [0.29, 0.717) is 31.1 Å². The summed E-state index contributed by atoms with van der Waals surface area (Å²) >= 11 is 5.71.